The molecule has 4 rings (SSSR count). The minimum Gasteiger partial charge on any atom is -0.342 e. The Morgan fingerprint density at radius 2 is 2.08 bits per heavy atom. The largest absolute Gasteiger partial charge is 0.342 e. The van der Waals surface area contributed by atoms with Crippen LogP contribution in [-0.2, 0) is 17.8 Å². The average molecular weight is 355 g/mol. The Balaban J connectivity index is 1.33. The summed E-state index contributed by atoms with van der Waals surface area (Å²) in [5.41, 5.74) is 0.956. The zero-order valence-electron chi connectivity index (χ0n) is 15.1. The van der Waals surface area contributed by atoms with Crippen LogP contribution >= 0.6 is 0 Å². The van der Waals surface area contributed by atoms with Crippen LogP contribution in [-0.4, -0.2) is 33.7 Å². The summed E-state index contributed by atoms with van der Waals surface area (Å²) in [6.45, 7) is 2.45. The van der Waals surface area contributed by atoms with Crippen molar-refractivity contribution in [2.45, 2.75) is 45.1 Å². The molecule has 2 aromatic rings. The van der Waals surface area contributed by atoms with Gasteiger partial charge in [0.25, 0.3) is 0 Å². The molecule has 1 aliphatic carbocycles. The van der Waals surface area contributed by atoms with Gasteiger partial charge >= 0.3 is 0 Å². The van der Waals surface area contributed by atoms with Crippen molar-refractivity contribution < 1.29 is 9.18 Å². The number of amides is 1. The highest BCUT2D eigenvalue weighted by Gasteiger charge is 2.52. The standard InChI is InChI=1S/C21H26FN3O/c22-19-8-6-17(7-9-19)4-5-18-3-1-13-24(15-18)20(26)21(10-11-21)16-25-14-2-12-23-25/h2,6-9,12,14,18H,1,3-5,10-11,13,15-16H2/t18-/m1/s1. The molecule has 138 valence electrons. The van der Waals surface area contributed by atoms with Crippen LogP contribution in [0.15, 0.2) is 42.7 Å². The molecule has 1 saturated carbocycles. The Morgan fingerprint density at radius 1 is 1.27 bits per heavy atom. The number of nitrogens with zero attached hydrogens (tertiary/aromatic N) is 3. The molecule has 0 bridgehead atoms. The fourth-order valence-electron chi connectivity index (χ4n) is 4.14. The highest BCUT2D eigenvalue weighted by molar-refractivity contribution is 5.85. The summed E-state index contributed by atoms with van der Waals surface area (Å²) in [5.74, 6) is 0.674. The third-order valence-electron chi connectivity index (χ3n) is 5.89. The Labute approximate surface area is 154 Å². The molecule has 1 amide bonds. The molecule has 26 heavy (non-hydrogen) atoms. The molecule has 4 nitrogen and oxygen atoms in total. The van der Waals surface area contributed by atoms with Crippen LogP contribution in [0, 0.1) is 17.2 Å². The second-order valence-corrected chi connectivity index (χ2v) is 7.91. The highest BCUT2D eigenvalue weighted by atomic mass is 19.1. The van der Waals surface area contributed by atoms with E-state index in [0.29, 0.717) is 18.4 Å². The smallest absolute Gasteiger partial charge is 0.230 e. The van der Waals surface area contributed by atoms with E-state index in [1.54, 1.807) is 6.20 Å². The number of likely N-dealkylation sites (tertiary alicyclic amines) is 1. The number of benzene rings is 1. The molecule has 1 atom stereocenters. The predicted molar refractivity (Wildman–Crippen MR) is 97.9 cm³/mol. The number of rotatable bonds is 6. The zero-order chi connectivity index (χ0) is 18.0. The number of halogens is 1. The van der Waals surface area contributed by atoms with E-state index in [0.717, 1.165) is 45.2 Å². The molecule has 2 fully saturated rings. The fraction of sp³-hybridized carbons (Fsp3) is 0.524. The van der Waals surface area contributed by atoms with E-state index in [4.69, 9.17) is 0 Å². The Bertz CT molecular complexity index is 737. The third kappa shape index (κ3) is 3.81. The number of hydrogen-bond donors (Lipinski definition) is 0. The minimum atomic E-state index is -0.217. The first-order valence-corrected chi connectivity index (χ1v) is 9.66. The lowest BCUT2D eigenvalue weighted by Crippen LogP contribution is -2.45. The van der Waals surface area contributed by atoms with E-state index in [9.17, 15) is 9.18 Å². The first kappa shape index (κ1) is 17.3. The van der Waals surface area contributed by atoms with Gasteiger partial charge in [0.1, 0.15) is 5.82 Å². The first-order chi connectivity index (χ1) is 12.6. The Morgan fingerprint density at radius 3 is 2.77 bits per heavy atom. The van der Waals surface area contributed by atoms with Crippen LogP contribution in [0.1, 0.15) is 37.7 Å². The Kier molecular flexibility index (Phi) is 4.79. The van der Waals surface area contributed by atoms with Crippen molar-refractivity contribution in [3.8, 4) is 0 Å². The van der Waals surface area contributed by atoms with Crippen molar-refractivity contribution in [3.05, 3.63) is 54.1 Å². The minimum absolute atomic E-state index is 0.185. The van der Waals surface area contributed by atoms with Crippen LogP contribution in [0.5, 0.6) is 0 Å². The van der Waals surface area contributed by atoms with E-state index in [2.05, 4.69) is 10.00 Å². The number of aryl methyl sites for hydroxylation is 1. The molecule has 2 aliphatic rings. The lowest BCUT2D eigenvalue weighted by atomic mass is 9.90. The monoisotopic (exact) mass is 355 g/mol. The first-order valence-electron chi connectivity index (χ1n) is 9.66. The van der Waals surface area contributed by atoms with E-state index < -0.39 is 0 Å². The van der Waals surface area contributed by atoms with Gasteiger partial charge < -0.3 is 4.90 Å². The summed E-state index contributed by atoms with van der Waals surface area (Å²) < 4.78 is 14.9. The van der Waals surface area contributed by atoms with Gasteiger partial charge in [0.15, 0.2) is 0 Å². The lowest BCUT2D eigenvalue weighted by Gasteiger charge is -2.35. The summed E-state index contributed by atoms with van der Waals surface area (Å²) in [4.78, 5) is 15.2. The number of carbonyl (C=O) groups excluding carboxylic acids is 1. The van der Waals surface area contributed by atoms with E-state index >= 15 is 0 Å². The van der Waals surface area contributed by atoms with Gasteiger partial charge in [-0.2, -0.15) is 5.10 Å². The van der Waals surface area contributed by atoms with Crippen LogP contribution in [0.3, 0.4) is 0 Å². The van der Waals surface area contributed by atoms with Crippen molar-refractivity contribution in [3.63, 3.8) is 0 Å². The van der Waals surface area contributed by atoms with Gasteiger partial charge in [0, 0.05) is 25.5 Å². The van der Waals surface area contributed by atoms with Crippen LogP contribution < -0.4 is 0 Å². The van der Waals surface area contributed by atoms with Gasteiger partial charge in [-0.15, -0.1) is 0 Å². The maximum absolute atomic E-state index is 13.1. The molecular weight excluding hydrogens is 329 g/mol. The lowest BCUT2D eigenvalue weighted by molar-refractivity contribution is -0.139. The molecule has 5 heteroatoms. The zero-order valence-corrected chi connectivity index (χ0v) is 15.1. The number of aromatic nitrogens is 2. The maximum atomic E-state index is 13.1. The normalized spacial score (nSPS) is 21.6. The average Bonchev–Trinajstić information content (AvgIpc) is 3.26. The molecule has 0 unspecified atom stereocenters. The summed E-state index contributed by atoms with van der Waals surface area (Å²) >= 11 is 0. The van der Waals surface area contributed by atoms with Gasteiger partial charge in [-0.05, 0) is 68.2 Å². The maximum Gasteiger partial charge on any atom is 0.230 e. The number of carbonyl (C=O) groups is 1. The summed E-state index contributed by atoms with van der Waals surface area (Å²) in [6.07, 6.45) is 9.93. The van der Waals surface area contributed by atoms with Gasteiger partial charge in [-0.1, -0.05) is 12.1 Å². The van der Waals surface area contributed by atoms with E-state index in [1.807, 2.05) is 29.1 Å². The quantitative estimate of drug-likeness (QED) is 0.793. The molecular formula is C21H26FN3O. The van der Waals surface area contributed by atoms with Gasteiger partial charge in [-0.3, -0.25) is 9.48 Å². The van der Waals surface area contributed by atoms with Crippen LogP contribution in [0.2, 0.25) is 0 Å². The van der Waals surface area contributed by atoms with E-state index in [1.165, 1.54) is 24.1 Å². The third-order valence-corrected chi connectivity index (χ3v) is 5.89. The van der Waals surface area contributed by atoms with Crippen molar-refractivity contribution in [2.24, 2.45) is 11.3 Å². The molecule has 1 aromatic carbocycles. The number of hydrogen-bond acceptors (Lipinski definition) is 2. The van der Waals surface area contributed by atoms with E-state index in [-0.39, 0.29) is 11.2 Å². The molecule has 1 aliphatic heterocycles. The summed E-state index contributed by atoms with van der Waals surface area (Å²) in [5, 5.41) is 4.27. The van der Waals surface area contributed by atoms with Gasteiger partial charge in [0.05, 0.1) is 12.0 Å². The van der Waals surface area contributed by atoms with Gasteiger partial charge in [0.2, 0.25) is 5.91 Å². The van der Waals surface area contributed by atoms with Gasteiger partial charge in [-0.25, -0.2) is 4.39 Å². The second kappa shape index (κ2) is 7.22. The van der Waals surface area contributed by atoms with Crippen LogP contribution in [0.4, 0.5) is 4.39 Å². The predicted octanol–water partition coefficient (Wildman–Crippen LogP) is 3.67. The molecule has 0 N–H and O–H groups in total. The van der Waals surface area contributed by atoms with Crippen molar-refractivity contribution >= 4 is 5.91 Å². The summed E-state index contributed by atoms with van der Waals surface area (Å²) in [7, 11) is 0. The Hall–Kier alpha value is -2.17. The molecule has 1 saturated heterocycles. The van der Waals surface area contributed by atoms with Crippen molar-refractivity contribution in [1.29, 1.82) is 0 Å². The molecule has 1 aromatic heterocycles. The highest BCUT2D eigenvalue weighted by Crippen LogP contribution is 2.49. The fourth-order valence-corrected chi connectivity index (χ4v) is 4.14. The van der Waals surface area contributed by atoms with Crippen molar-refractivity contribution in [1.82, 2.24) is 14.7 Å². The molecule has 0 radical (unpaired) electrons. The topological polar surface area (TPSA) is 38.1 Å². The molecule has 0 spiro atoms. The van der Waals surface area contributed by atoms with Crippen molar-refractivity contribution in [2.75, 3.05) is 13.1 Å². The summed E-state index contributed by atoms with van der Waals surface area (Å²) in [6, 6.07) is 8.69. The molecule has 2 heterocycles. The SMILES string of the molecule is O=C(N1CCC[C@H](CCc2ccc(F)cc2)C1)C1(Cn2cccn2)CC1. The number of piperidine rings is 1. The van der Waals surface area contributed by atoms with Crippen LogP contribution in [0.25, 0.3) is 0 Å². The second-order valence-electron chi connectivity index (χ2n) is 7.91.